The van der Waals surface area contributed by atoms with Crippen molar-refractivity contribution in [2.75, 3.05) is 26.8 Å². The molecule has 1 amide bonds. The molecule has 1 atom stereocenters. The molecule has 1 aliphatic rings. The molecule has 0 spiro atoms. The molecular formula is C20H23FN2O5S. The number of carbonyl (C=O) groups excluding carboxylic acids is 1. The first-order valence-corrected chi connectivity index (χ1v) is 10.5. The van der Waals surface area contributed by atoms with Gasteiger partial charge in [0, 0.05) is 18.5 Å². The lowest BCUT2D eigenvalue weighted by Crippen LogP contribution is -2.35. The number of aliphatic hydroxyl groups excluding tert-OH is 1. The van der Waals surface area contributed by atoms with E-state index in [1.807, 2.05) is 0 Å². The number of benzene rings is 2. The molecule has 0 aromatic heterocycles. The van der Waals surface area contributed by atoms with Crippen LogP contribution in [0, 0.1) is 11.2 Å². The van der Waals surface area contributed by atoms with E-state index in [9.17, 15) is 22.7 Å². The molecule has 1 heterocycles. The van der Waals surface area contributed by atoms with Gasteiger partial charge in [-0.05, 0) is 48.7 Å². The summed E-state index contributed by atoms with van der Waals surface area (Å²) in [7, 11) is -2.54. The molecule has 1 unspecified atom stereocenters. The normalized spacial score (nSPS) is 20.0. The summed E-state index contributed by atoms with van der Waals surface area (Å²) >= 11 is 0. The first-order chi connectivity index (χ1) is 13.7. The minimum absolute atomic E-state index is 0.0208. The Labute approximate surface area is 168 Å². The SMILES string of the molecule is COc1ccc(S(=O)(=O)N2CCC(CO)(Cc3ccc(F)cc3)C2)cc1C(N)=O. The van der Waals surface area contributed by atoms with Gasteiger partial charge in [-0.1, -0.05) is 12.1 Å². The van der Waals surface area contributed by atoms with Gasteiger partial charge in [0.2, 0.25) is 10.0 Å². The zero-order chi connectivity index (χ0) is 21.2. The second-order valence-electron chi connectivity index (χ2n) is 7.28. The zero-order valence-electron chi connectivity index (χ0n) is 16.0. The molecule has 2 aromatic rings. The molecule has 3 rings (SSSR count). The van der Waals surface area contributed by atoms with Gasteiger partial charge in [0.05, 0.1) is 24.2 Å². The van der Waals surface area contributed by atoms with Gasteiger partial charge < -0.3 is 15.6 Å². The van der Waals surface area contributed by atoms with Crippen molar-refractivity contribution >= 4 is 15.9 Å². The summed E-state index contributed by atoms with van der Waals surface area (Å²) in [6.07, 6.45) is 0.879. The molecule has 1 saturated heterocycles. The molecule has 29 heavy (non-hydrogen) atoms. The number of rotatable bonds is 7. The molecule has 0 radical (unpaired) electrons. The summed E-state index contributed by atoms with van der Waals surface area (Å²) in [5, 5.41) is 10.00. The maximum atomic E-state index is 13.1. The highest BCUT2D eigenvalue weighted by Crippen LogP contribution is 2.37. The molecule has 9 heteroatoms. The average molecular weight is 422 g/mol. The van der Waals surface area contributed by atoms with Gasteiger partial charge in [-0.2, -0.15) is 4.31 Å². The van der Waals surface area contributed by atoms with Crippen molar-refractivity contribution in [3.63, 3.8) is 0 Å². The van der Waals surface area contributed by atoms with Crippen molar-refractivity contribution in [3.8, 4) is 5.75 Å². The Morgan fingerprint density at radius 1 is 1.28 bits per heavy atom. The third kappa shape index (κ3) is 4.26. The van der Waals surface area contributed by atoms with E-state index in [1.54, 1.807) is 12.1 Å². The summed E-state index contributed by atoms with van der Waals surface area (Å²) in [6, 6.07) is 9.90. The molecule has 0 bridgehead atoms. The fourth-order valence-corrected chi connectivity index (χ4v) is 5.23. The van der Waals surface area contributed by atoms with E-state index in [0.29, 0.717) is 12.8 Å². The maximum Gasteiger partial charge on any atom is 0.252 e. The highest BCUT2D eigenvalue weighted by Gasteiger charge is 2.43. The van der Waals surface area contributed by atoms with Crippen LogP contribution in [-0.4, -0.2) is 50.5 Å². The van der Waals surface area contributed by atoms with Crippen molar-refractivity contribution in [1.29, 1.82) is 0 Å². The first kappa shape index (κ1) is 21.2. The number of halogens is 1. The van der Waals surface area contributed by atoms with Crippen molar-refractivity contribution in [3.05, 3.63) is 59.4 Å². The number of primary amides is 1. The number of nitrogens with two attached hydrogens (primary N) is 1. The van der Waals surface area contributed by atoms with Gasteiger partial charge in [-0.3, -0.25) is 4.79 Å². The standard InChI is InChI=1S/C20H23FN2O5S/c1-28-18-7-6-16(10-17(18)19(22)25)29(26,27)23-9-8-20(12-23,13-24)11-14-2-4-15(21)5-3-14/h2-7,10,24H,8-9,11-13H2,1H3,(H2,22,25). The van der Waals surface area contributed by atoms with E-state index >= 15 is 0 Å². The number of hydrogen-bond acceptors (Lipinski definition) is 5. The van der Waals surface area contributed by atoms with Crippen LogP contribution in [0.2, 0.25) is 0 Å². The summed E-state index contributed by atoms with van der Waals surface area (Å²) in [4.78, 5) is 11.6. The molecule has 1 fully saturated rings. The van der Waals surface area contributed by atoms with Crippen LogP contribution >= 0.6 is 0 Å². The van der Waals surface area contributed by atoms with Gasteiger partial charge in [0.15, 0.2) is 0 Å². The Morgan fingerprint density at radius 2 is 1.97 bits per heavy atom. The molecule has 7 nitrogen and oxygen atoms in total. The summed E-state index contributed by atoms with van der Waals surface area (Å²) in [5.74, 6) is -0.951. The fourth-order valence-electron chi connectivity index (χ4n) is 3.65. The van der Waals surface area contributed by atoms with E-state index in [0.717, 1.165) is 5.56 Å². The number of nitrogens with zero attached hydrogens (tertiary/aromatic N) is 1. The Morgan fingerprint density at radius 3 is 2.55 bits per heavy atom. The predicted molar refractivity (Wildman–Crippen MR) is 105 cm³/mol. The van der Waals surface area contributed by atoms with Crippen LogP contribution < -0.4 is 10.5 Å². The lowest BCUT2D eigenvalue weighted by atomic mass is 9.82. The number of sulfonamides is 1. The monoisotopic (exact) mass is 422 g/mol. The largest absolute Gasteiger partial charge is 0.496 e. The predicted octanol–water partition coefficient (Wildman–Crippen LogP) is 1.55. The van der Waals surface area contributed by atoms with Crippen molar-refractivity contribution in [1.82, 2.24) is 4.31 Å². The zero-order valence-corrected chi connectivity index (χ0v) is 16.8. The van der Waals surface area contributed by atoms with Gasteiger partial charge in [0.25, 0.3) is 5.91 Å². The molecule has 0 saturated carbocycles. The average Bonchev–Trinajstić information content (AvgIpc) is 3.14. The molecule has 156 valence electrons. The van der Waals surface area contributed by atoms with E-state index < -0.39 is 21.3 Å². The van der Waals surface area contributed by atoms with E-state index in [4.69, 9.17) is 10.5 Å². The number of carbonyl (C=O) groups is 1. The smallest absolute Gasteiger partial charge is 0.252 e. The lowest BCUT2D eigenvalue weighted by Gasteiger charge is -2.27. The van der Waals surface area contributed by atoms with Crippen LogP contribution in [0.15, 0.2) is 47.4 Å². The summed E-state index contributed by atoms with van der Waals surface area (Å²) in [5.41, 5.74) is 5.47. The number of ether oxygens (including phenoxy) is 1. The number of amides is 1. The van der Waals surface area contributed by atoms with Crippen molar-refractivity contribution < 1.29 is 27.4 Å². The van der Waals surface area contributed by atoms with Gasteiger partial charge in [-0.25, -0.2) is 12.8 Å². The van der Waals surface area contributed by atoms with Crippen molar-refractivity contribution in [2.24, 2.45) is 11.1 Å². The molecule has 2 aromatic carbocycles. The Bertz CT molecular complexity index is 1010. The van der Waals surface area contributed by atoms with Crippen LogP contribution in [0.5, 0.6) is 5.75 Å². The molecule has 1 aliphatic heterocycles. The van der Waals surface area contributed by atoms with E-state index in [-0.39, 0.29) is 41.7 Å². The lowest BCUT2D eigenvalue weighted by molar-refractivity contribution is 0.0997. The molecular weight excluding hydrogens is 399 g/mol. The Hall–Kier alpha value is -2.49. The fraction of sp³-hybridized carbons (Fsp3) is 0.350. The Balaban J connectivity index is 1.86. The van der Waals surface area contributed by atoms with Crippen LogP contribution in [0.3, 0.4) is 0 Å². The number of methoxy groups -OCH3 is 1. The number of hydrogen-bond donors (Lipinski definition) is 2. The van der Waals surface area contributed by atoms with Gasteiger partial charge in [-0.15, -0.1) is 0 Å². The van der Waals surface area contributed by atoms with Gasteiger partial charge >= 0.3 is 0 Å². The molecule has 0 aliphatic carbocycles. The quantitative estimate of drug-likeness (QED) is 0.704. The maximum absolute atomic E-state index is 13.1. The first-order valence-electron chi connectivity index (χ1n) is 9.04. The number of aliphatic hydroxyl groups is 1. The topological polar surface area (TPSA) is 110 Å². The Kier molecular flexibility index (Phi) is 5.92. The van der Waals surface area contributed by atoms with E-state index in [1.165, 1.54) is 41.7 Å². The highest BCUT2D eigenvalue weighted by atomic mass is 32.2. The van der Waals surface area contributed by atoms with Crippen LogP contribution in [0.4, 0.5) is 4.39 Å². The van der Waals surface area contributed by atoms with E-state index in [2.05, 4.69) is 0 Å². The third-order valence-corrected chi connectivity index (χ3v) is 7.15. The summed E-state index contributed by atoms with van der Waals surface area (Å²) < 4.78 is 45.7. The summed E-state index contributed by atoms with van der Waals surface area (Å²) in [6.45, 7) is 0.134. The minimum Gasteiger partial charge on any atom is -0.496 e. The third-order valence-electron chi connectivity index (χ3n) is 5.31. The highest BCUT2D eigenvalue weighted by molar-refractivity contribution is 7.89. The molecule has 3 N–H and O–H groups in total. The van der Waals surface area contributed by atoms with Gasteiger partial charge in [0.1, 0.15) is 11.6 Å². The van der Waals surface area contributed by atoms with Crippen LogP contribution in [0.1, 0.15) is 22.3 Å². The van der Waals surface area contributed by atoms with Crippen molar-refractivity contribution in [2.45, 2.75) is 17.7 Å². The minimum atomic E-state index is -3.90. The van der Waals surface area contributed by atoms with Crippen LogP contribution in [0.25, 0.3) is 0 Å². The second kappa shape index (κ2) is 8.10. The second-order valence-corrected chi connectivity index (χ2v) is 9.21. The van der Waals surface area contributed by atoms with Crippen LogP contribution in [-0.2, 0) is 16.4 Å².